The van der Waals surface area contributed by atoms with Gasteiger partial charge < -0.3 is 10.3 Å². The van der Waals surface area contributed by atoms with Crippen molar-refractivity contribution in [2.45, 2.75) is 26.4 Å². The van der Waals surface area contributed by atoms with Crippen LogP contribution in [0.2, 0.25) is 5.28 Å². The van der Waals surface area contributed by atoms with E-state index in [1.807, 2.05) is 18.4 Å². The highest BCUT2D eigenvalue weighted by atomic mass is 35.5. The van der Waals surface area contributed by atoms with Gasteiger partial charge in [0.05, 0.1) is 11.7 Å². The van der Waals surface area contributed by atoms with Gasteiger partial charge in [0.2, 0.25) is 5.28 Å². The predicted molar refractivity (Wildman–Crippen MR) is 92.5 cm³/mol. The van der Waals surface area contributed by atoms with Crippen molar-refractivity contribution in [3.05, 3.63) is 57.5 Å². The number of hydrogen-bond acceptors (Lipinski definition) is 4. The van der Waals surface area contributed by atoms with Gasteiger partial charge in [-0.25, -0.2) is 14.4 Å². The molecule has 24 heavy (non-hydrogen) atoms. The van der Waals surface area contributed by atoms with E-state index in [4.69, 9.17) is 17.3 Å². The van der Waals surface area contributed by atoms with Gasteiger partial charge in [0.1, 0.15) is 5.69 Å². The maximum atomic E-state index is 14.1. The van der Waals surface area contributed by atoms with Crippen LogP contribution in [0, 0.1) is 5.82 Å². The summed E-state index contributed by atoms with van der Waals surface area (Å²) < 4.78 is 16.0. The topological polar surface area (TPSA) is 73.8 Å². The molecule has 1 aromatic carbocycles. The molecule has 5 nitrogen and oxygen atoms in total. The van der Waals surface area contributed by atoms with Crippen LogP contribution in [0.1, 0.15) is 25.6 Å². The highest BCUT2D eigenvalue weighted by Gasteiger charge is 2.14. The average molecular weight is 347 g/mol. The van der Waals surface area contributed by atoms with Crippen LogP contribution in [0.15, 0.2) is 35.3 Å². The molecule has 0 radical (unpaired) electrons. The van der Waals surface area contributed by atoms with Gasteiger partial charge in [-0.3, -0.25) is 4.79 Å². The second kappa shape index (κ2) is 6.30. The zero-order valence-electron chi connectivity index (χ0n) is 13.3. The summed E-state index contributed by atoms with van der Waals surface area (Å²) in [5, 5.41) is 0.508. The van der Waals surface area contributed by atoms with E-state index in [0.29, 0.717) is 16.5 Å². The molecular weight excluding hydrogens is 331 g/mol. The fourth-order valence-electron chi connectivity index (χ4n) is 2.86. The third kappa shape index (κ3) is 2.79. The van der Waals surface area contributed by atoms with E-state index in [-0.39, 0.29) is 29.0 Å². The van der Waals surface area contributed by atoms with Crippen LogP contribution < -0.4 is 11.2 Å². The Morgan fingerprint density at radius 3 is 2.75 bits per heavy atom. The van der Waals surface area contributed by atoms with Crippen molar-refractivity contribution in [1.82, 2.24) is 14.5 Å². The molecule has 2 N–H and O–H groups in total. The van der Waals surface area contributed by atoms with Crippen LogP contribution in [0.4, 0.5) is 4.39 Å². The quantitative estimate of drug-likeness (QED) is 0.738. The summed E-state index contributed by atoms with van der Waals surface area (Å²) in [6.07, 6.45) is 1.03. The summed E-state index contributed by atoms with van der Waals surface area (Å²) in [5.41, 5.74) is 7.69. The lowest BCUT2D eigenvalue weighted by Crippen LogP contribution is -2.18. The number of pyridine rings is 1. The van der Waals surface area contributed by atoms with Gasteiger partial charge in [-0.2, -0.15) is 0 Å². The summed E-state index contributed by atoms with van der Waals surface area (Å²) in [5.74, 6) is -0.577. The summed E-state index contributed by atoms with van der Waals surface area (Å²) in [6, 6.07) is 6.68. The van der Waals surface area contributed by atoms with Gasteiger partial charge >= 0.3 is 0 Å². The molecule has 0 atom stereocenters. The van der Waals surface area contributed by atoms with Crippen LogP contribution in [0.5, 0.6) is 0 Å². The molecule has 2 aromatic heterocycles. The predicted octanol–water partition coefficient (Wildman–Crippen LogP) is 3.29. The molecule has 0 fully saturated rings. The monoisotopic (exact) mass is 346 g/mol. The molecule has 0 spiro atoms. The van der Waals surface area contributed by atoms with Crippen LogP contribution >= 0.6 is 11.6 Å². The van der Waals surface area contributed by atoms with Crippen molar-refractivity contribution < 1.29 is 4.39 Å². The van der Waals surface area contributed by atoms with Gasteiger partial charge in [0.15, 0.2) is 11.2 Å². The Balaban J connectivity index is 2.36. The molecule has 0 aliphatic rings. The fourth-order valence-corrected chi connectivity index (χ4v) is 2.99. The number of benzene rings is 1. The molecule has 0 saturated carbocycles. The van der Waals surface area contributed by atoms with E-state index in [1.165, 1.54) is 0 Å². The molecule has 7 heteroatoms. The highest BCUT2D eigenvalue weighted by Crippen LogP contribution is 2.26. The fraction of sp³-hybridized carbons (Fsp3) is 0.235. The van der Waals surface area contributed by atoms with Gasteiger partial charge in [0, 0.05) is 35.3 Å². The summed E-state index contributed by atoms with van der Waals surface area (Å²) in [4.78, 5) is 19.9. The van der Waals surface area contributed by atoms with Crippen molar-refractivity contribution in [1.29, 1.82) is 0 Å². The summed E-state index contributed by atoms with van der Waals surface area (Å²) >= 11 is 5.78. The zero-order chi connectivity index (χ0) is 17.4. The molecule has 0 amide bonds. The van der Waals surface area contributed by atoms with Gasteiger partial charge in [-0.1, -0.05) is 6.07 Å². The largest absolute Gasteiger partial charge is 0.341 e. The molecule has 0 aliphatic heterocycles. The van der Waals surface area contributed by atoms with E-state index in [2.05, 4.69) is 9.97 Å². The molecular formula is C17H16ClFN4O. The van der Waals surface area contributed by atoms with Crippen LogP contribution in [-0.4, -0.2) is 14.5 Å². The van der Waals surface area contributed by atoms with Crippen LogP contribution in [-0.2, 0) is 6.54 Å². The van der Waals surface area contributed by atoms with E-state index < -0.39 is 5.82 Å². The second-order valence-electron chi connectivity index (χ2n) is 5.74. The summed E-state index contributed by atoms with van der Waals surface area (Å²) in [6.45, 7) is 4.23. The van der Waals surface area contributed by atoms with E-state index in [1.54, 1.807) is 24.3 Å². The minimum absolute atomic E-state index is 0.0385. The van der Waals surface area contributed by atoms with E-state index in [9.17, 15) is 9.18 Å². The number of nitrogens with two attached hydrogens (primary N) is 1. The van der Waals surface area contributed by atoms with Crippen molar-refractivity contribution in [2.75, 3.05) is 0 Å². The van der Waals surface area contributed by atoms with Crippen molar-refractivity contribution >= 4 is 22.5 Å². The smallest absolute Gasteiger partial charge is 0.223 e. The van der Waals surface area contributed by atoms with Crippen LogP contribution in [0.25, 0.3) is 22.2 Å². The zero-order valence-corrected chi connectivity index (χ0v) is 14.0. The van der Waals surface area contributed by atoms with Gasteiger partial charge in [0.25, 0.3) is 0 Å². The first-order valence-electron chi connectivity index (χ1n) is 7.49. The third-order valence-electron chi connectivity index (χ3n) is 3.84. The molecule has 0 unspecified atom stereocenters. The SMILES string of the molecule is CC(C)n1c(CN)cc(=O)c2ccc(-c3nc(Cl)ncc3F)cc21. The minimum atomic E-state index is -0.577. The summed E-state index contributed by atoms with van der Waals surface area (Å²) in [7, 11) is 0. The first-order valence-corrected chi connectivity index (χ1v) is 7.87. The van der Waals surface area contributed by atoms with Crippen LogP contribution in [0.3, 0.4) is 0 Å². The standard InChI is InChI=1S/C17H16ClFN4O/c1-9(2)23-11(7-20)6-15(24)12-4-3-10(5-14(12)23)16-13(19)8-21-17(18)22-16/h3-6,8-9H,7,20H2,1-2H3. The Bertz CT molecular complexity index is 984. The Morgan fingerprint density at radius 2 is 2.08 bits per heavy atom. The lowest BCUT2D eigenvalue weighted by Gasteiger charge is -2.20. The maximum absolute atomic E-state index is 14.1. The molecule has 3 rings (SSSR count). The number of rotatable bonds is 3. The van der Waals surface area contributed by atoms with Crippen molar-refractivity contribution in [3.8, 4) is 11.3 Å². The molecule has 124 valence electrons. The second-order valence-corrected chi connectivity index (χ2v) is 6.07. The molecule has 0 aliphatic carbocycles. The van der Waals surface area contributed by atoms with Crippen molar-refractivity contribution in [3.63, 3.8) is 0 Å². The Hall–Kier alpha value is -2.31. The number of halogens is 2. The third-order valence-corrected chi connectivity index (χ3v) is 4.03. The number of nitrogens with zero attached hydrogens (tertiary/aromatic N) is 3. The first-order chi connectivity index (χ1) is 11.4. The van der Waals surface area contributed by atoms with E-state index >= 15 is 0 Å². The normalized spacial score (nSPS) is 11.4. The van der Waals surface area contributed by atoms with E-state index in [0.717, 1.165) is 11.9 Å². The first kappa shape index (κ1) is 16.5. The lowest BCUT2D eigenvalue weighted by atomic mass is 10.1. The number of aromatic nitrogens is 3. The number of fused-ring (bicyclic) bond motifs is 1. The molecule has 3 aromatic rings. The minimum Gasteiger partial charge on any atom is -0.341 e. The Labute approximate surface area is 142 Å². The van der Waals surface area contributed by atoms with Gasteiger partial charge in [-0.15, -0.1) is 0 Å². The van der Waals surface area contributed by atoms with Crippen molar-refractivity contribution in [2.24, 2.45) is 5.73 Å². The Kier molecular flexibility index (Phi) is 4.34. The maximum Gasteiger partial charge on any atom is 0.223 e. The average Bonchev–Trinajstić information content (AvgIpc) is 2.55. The number of hydrogen-bond donors (Lipinski definition) is 1. The van der Waals surface area contributed by atoms with Gasteiger partial charge in [-0.05, 0) is 37.6 Å². The molecule has 0 bridgehead atoms. The highest BCUT2D eigenvalue weighted by molar-refractivity contribution is 6.28. The molecule has 2 heterocycles. The lowest BCUT2D eigenvalue weighted by molar-refractivity contribution is 0.588. The molecule has 0 saturated heterocycles. The Morgan fingerprint density at radius 1 is 1.33 bits per heavy atom.